The van der Waals surface area contributed by atoms with Crippen molar-refractivity contribution in [3.05, 3.63) is 58.2 Å². The largest absolute Gasteiger partial charge is 0.451 e. The average molecular weight is 513 g/mol. The van der Waals surface area contributed by atoms with E-state index in [0.717, 1.165) is 11.3 Å². The number of anilines is 1. The molecular formula is C21H18ClFN2O6S2. The minimum atomic E-state index is -3.73. The molecule has 0 atom stereocenters. The van der Waals surface area contributed by atoms with E-state index in [1.54, 1.807) is 0 Å². The van der Waals surface area contributed by atoms with E-state index in [-0.39, 0.29) is 33.6 Å². The summed E-state index contributed by atoms with van der Waals surface area (Å²) in [5.41, 5.74) is 0.237. The van der Waals surface area contributed by atoms with Crippen molar-refractivity contribution in [1.29, 1.82) is 0 Å². The fourth-order valence-corrected chi connectivity index (χ4v) is 6.12. The number of benzene rings is 2. The van der Waals surface area contributed by atoms with Gasteiger partial charge in [0.2, 0.25) is 10.0 Å². The minimum absolute atomic E-state index is 0.0310. The topological polar surface area (TPSA) is 102 Å². The number of esters is 1. The van der Waals surface area contributed by atoms with E-state index in [4.69, 9.17) is 21.1 Å². The zero-order chi connectivity index (χ0) is 23.6. The van der Waals surface area contributed by atoms with Gasteiger partial charge in [0.1, 0.15) is 10.7 Å². The van der Waals surface area contributed by atoms with Gasteiger partial charge in [-0.15, -0.1) is 11.3 Å². The number of hydrogen-bond acceptors (Lipinski definition) is 7. The van der Waals surface area contributed by atoms with Crippen LogP contribution in [0.1, 0.15) is 9.67 Å². The van der Waals surface area contributed by atoms with Gasteiger partial charge in [0, 0.05) is 28.9 Å². The zero-order valence-electron chi connectivity index (χ0n) is 17.0. The van der Waals surface area contributed by atoms with Gasteiger partial charge in [0.25, 0.3) is 5.91 Å². The van der Waals surface area contributed by atoms with Crippen LogP contribution in [0.25, 0.3) is 10.1 Å². The van der Waals surface area contributed by atoms with Crippen molar-refractivity contribution in [3.63, 3.8) is 0 Å². The molecule has 12 heteroatoms. The molecule has 3 aromatic rings. The highest BCUT2D eigenvalue weighted by atomic mass is 35.5. The highest BCUT2D eigenvalue weighted by Crippen LogP contribution is 2.36. The lowest BCUT2D eigenvalue weighted by Gasteiger charge is -2.26. The van der Waals surface area contributed by atoms with Crippen LogP contribution in [0.4, 0.5) is 10.1 Å². The second-order valence-corrected chi connectivity index (χ2v) is 10.4. The summed E-state index contributed by atoms with van der Waals surface area (Å²) in [4.78, 5) is 24.7. The van der Waals surface area contributed by atoms with Crippen LogP contribution in [-0.4, -0.2) is 57.5 Å². The Morgan fingerprint density at radius 2 is 1.94 bits per heavy atom. The summed E-state index contributed by atoms with van der Waals surface area (Å²) in [6.07, 6.45) is 0. The lowest BCUT2D eigenvalue weighted by molar-refractivity contribution is -0.119. The number of amides is 1. The van der Waals surface area contributed by atoms with Gasteiger partial charge in [-0.1, -0.05) is 17.7 Å². The smallest absolute Gasteiger partial charge is 0.350 e. The normalized spacial score (nSPS) is 14.8. The SMILES string of the molecule is O=C(COC(=O)c1sc2cc(F)ccc2c1Cl)Nc1cccc(S(=O)(=O)N2CCOCC2)c1. The van der Waals surface area contributed by atoms with E-state index >= 15 is 0 Å². The highest BCUT2D eigenvalue weighted by molar-refractivity contribution is 7.89. The van der Waals surface area contributed by atoms with Crippen molar-refractivity contribution in [1.82, 2.24) is 4.31 Å². The molecule has 0 saturated carbocycles. The van der Waals surface area contributed by atoms with E-state index in [1.807, 2.05) is 0 Å². The quantitative estimate of drug-likeness (QED) is 0.507. The Hall–Kier alpha value is -2.57. The number of nitrogens with one attached hydrogen (secondary N) is 1. The molecule has 1 amide bonds. The van der Waals surface area contributed by atoms with Crippen LogP contribution in [0.15, 0.2) is 47.4 Å². The number of carbonyl (C=O) groups is 2. The Morgan fingerprint density at radius 1 is 1.18 bits per heavy atom. The number of halogens is 2. The molecule has 1 aromatic heterocycles. The first-order valence-corrected chi connectivity index (χ1v) is 12.4. The molecule has 1 fully saturated rings. The van der Waals surface area contributed by atoms with Crippen molar-refractivity contribution >= 4 is 60.6 Å². The van der Waals surface area contributed by atoms with Crippen molar-refractivity contribution in [2.75, 3.05) is 38.2 Å². The molecule has 0 radical (unpaired) electrons. The first-order valence-electron chi connectivity index (χ1n) is 9.78. The van der Waals surface area contributed by atoms with E-state index in [1.165, 1.54) is 46.8 Å². The predicted octanol–water partition coefficient (Wildman–Crippen LogP) is 3.51. The summed E-state index contributed by atoms with van der Waals surface area (Å²) in [7, 11) is -3.73. The van der Waals surface area contributed by atoms with Crippen LogP contribution >= 0.6 is 22.9 Å². The van der Waals surface area contributed by atoms with E-state index in [0.29, 0.717) is 23.3 Å². The van der Waals surface area contributed by atoms with Gasteiger partial charge in [0.05, 0.1) is 23.1 Å². The monoisotopic (exact) mass is 512 g/mol. The van der Waals surface area contributed by atoms with Crippen LogP contribution in [-0.2, 0) is 24.3 Å². The maximum absolute atomic E-state index is 13.4. The lowest BCUT2D eigenvalue weighted by atomic mass is 10.2. The first-order chi connectivity index (χ1) is 15.8. The Morgan fingerprint density at radius 3 is 2.70 bits per heavy atom. The molecule has 1 saturated heterocycles. The predicted molar refractivity (Wildman–Crippen MR) is 122 cm³/mol. The Balaban J connectivity index is 1.40. The van der Waals surface area contributed by atoms with Gasteiger partial charge in [-0.2, -0.15) is 4.31 Å². The standard InChI is InChI=1S/C21H18ClFN2O6S2/c22-19-16-5-4-13(23)10-17(16)32-20(19)21(27)31-12-18(26)24-14-2-1-3-15(11-14)33(28,29)25-6-8-30-9-7-25/h1-5,10-11H,6-9,12H2,(H,24,26). The van der Waals surface area contributed by atoms with Crippen LogP contribution < -0.4 is 5.32 Å². The molecule has 4 rings (SSSR count). The molecule has 0 spiro atoms. The first kappa shape index (κ1) is 23.6. The van der Waals surface area contributed by atoms with Crippen molar-refractivity contribution < 1.29 is 31.9 Å². The number of ether oxygens (including phenoxy) is 2. The molecule has 8 nitrogen and oxygen atoms in total. The van der Waals surface area contributed by atoms with Gasteiger partial charge in [-0.25, -0.2) is 17.6 Å². The molecule has 2 heterocycles. The summed E-state index contributed by atoms with van der Waals surface area (Å²) in [5, 5.41) is 3.15. The number of sulfonamides is 1. The Kier molecular flexibility index (Phi) is 6.96. The lowest BCUT2D eigenvalue weighted by Crippen LogP contribution is -2.40. The number of thiophene rings is 1. The highest BCUT2D eigenvalue weighted by Gasteiger charge is 2.26. The molecule has 0 bridgehead atoms. The van der Waals surface area contributed by atoms with Crippen LogP contribution in [0.2, 0.25) is 5.02 Å². The number of nitrogens with zero attached hydrogens (tertiary/aromatic N) is 1. The number of morpholine rings is 1. The third-order valence-electron chi connectivity index (χ3n) is 4.84. The van der Waals surface area contributed by atoms with E-state index < -0.39 is 34.3 Å². The van der Waals surface area contributed by atoms with Gasteiger partial charge >= 0.3 is 5.97 Å². The van der Waals surface area contributed by atoms with Gasteiger partial charge < -0.3 is 14.8 Å². The Labute approximate surface area is 197 Å². The number of hydrogen-bond donors (Lipinski definition) is 1. The second kappa shape index (κ2) is 9.74. The van der Waals surface area contributed by atoms with Crippen LogP contribution in [0.5, 0.6) is 0 Å². The molecule has 33 heavy (non-hydrogen) atoms. The molecule has 2 aromatic carbocycles. The molecule has 0 unspecified atom stereocenters. The number of rotatable bonds is 6. The van der Waals surface area contributed by atoms with Crippen LogP contribution in [0, 0.1) is 5.82 Å². The van der Waals surface area contributed by atoms with Crippen molar-refractivity contribution in [3.8, 4) is 0 Å². The summed E-state index contributed by atoms with van der Waals surface area (Å²) >= 11 is 7.15. The maximum atomic E-state index is 13.4. The summed E-state index contributed by atoms with van der Waals surface area (Å²) in [6.45, 7) is 0.529. The van der Waals surface area contributed by atoms with Gasteiger partial charge in [-0.3, -0.25) is 4.79 Å². The van der Waals surface area contributed by atoms with Crippen molar-refractivity contribution in [2.24, 2.45) is 0 Å². The van der Waals surface area contributed by atoms with Crippen LogP contribution in [0.3, 0.4) is 0 Å². The third-order valence-corrected chi connectivity index (χ3v) is 8.37. The fourth-order valence-electron chi connectivity index (χ4n) is 3.23. The molecule has 1 aliphatic rings. The Bertz CT molecular complexity index is 1320. The molecule has 1 aliphatic heterocycles. The molecule has 0 aliphatic carbocycles. The van der Waals surface area contributed by atoms with Gasteiger partial charge in [-0.05, 0) is 36.4 Å². The molecule has 1 N–H and O–H groups in total. The van der Waals surface area contributed by atoms with E-state index in [9.17, 15) is 22.4 Å². The summed E-state index contributed by atoms with van der Waals surface area (Å²) in [5.74, 6) is -1.94. The average Bonchev–Trinajstić information content (AvgIpc) is 3.13. The second-order valence-electron chi connectivity index (χ2n) is 7.05. The third kappa shape index (κ3) is 5.17. The van der Waals surface area contributed by atoms with Crippen molar-refractivity contribution in [2.45, 2.75) is 4.90 Å². The molecular weight excluding hydrogens is 495 g/mol. The van der Waals surface area contributed by atoms with Gasteiger partial charge in [0.15, 0.2) is 6.61 Å². The minimum Gasteiger partial charge on any atom is -0.451 e. The number of fused-ring (bicyclic) bond motifs is 1. The maximum Gasteiger partial charge on any atom is 0.350 e. The number of carbonyl (C=O) groups excluding carboxylic acids is 2. The summed E-state index contributed by atoms with van der Waals surface area (Å²) < 4.78 is 51.0. The fraction of sp³-hybridized carbons (Fsp3) is 0.238. The molecule has 174 valence electrons. The summed E-state index contributed by atoms with van der Waals surface area (Å²) in [6, 6.07) is 9.75. The zero-order valence-corrected chi connectivity index (χ0v) is 19.4. The van der Waals surface area contributed by atoms with E-state index in [2.05, 4.69) is 5.32 Å².